The highest BCUT2D eigenvalue weighted by molar-refractivity contribution is 5.85. The lowest BCUT2D eigenvalue weighted by Crippen LogP contribution is -2.06. The second-order valence-corrected chi connectivity index (χ2v) is 4.91. The third kappa shape index (κ3) is 1.54. The zero-order chi connectivity index (χ0) is 12.8. The highest BCUT2D eigenvalue weighted by atomic mass is 16.4. The molecule has 1 aromatic carbocycles. The van der Waals surface area contributed by atoms with Gasteiger partial charge in [-0.15, -0.1) is 0 Å². The van der Waals surface area contributed by atoms with Crippen molar-refractivity contribution in [3.63, 3.8) is 0 Å². The number of nitrogens with zero attached hydrogens (tertiary/aromatic N) is 3. The lowest BCUT2D eigenvalue weighted by atomic mass is 10.0. The maximum atomic E-state index is 5.91. The molecule has 2 N–H and O–H groups in total. The van der Waals surface area contributed by atoms with Crippen molar-refractivity contribution < 1.29 is 4.42 Å². The molecule has 2 aromatic heterocycles. The number of anilines is 1. The second-order valence-electron chi connectivity index (χ2n) is 4.91. The van der Waals surface area contributed by atoms with Crippen molar-refractivity contribution in [2.24, 2.45) is 0 Å². The van der Waals surface area contributed by atoms with E-state index in [-0.39, 0.29) is 0 Å². The Balaban J connectivity index is 1.90. The summed E-state index contributed by atoms with van der Waals surface area (Å²) in [6, 6.07) is 6.14. The van der Waals surface area contributed by atoms with Crippen molar-refractivity contribution in [2.75, 3.05) is 5.73 Å². The molecule has 0 amide bonds. The SMILES string of the molecule is Nc1cccc2oc(-n3cnc4c3CCCC4)nc12. The molecule has 1 aliphatic rings. The number of aromatic nitrogens is 3. The van der Waals surface area contributed by atoms with Gasteiger partial charge in [0.15, 0.2) is 5.58 Å². The molecular weight excluding hydrogens is 240 g/mol. The molecule has 0 aliphatic heterocycles. The molecule has 2 heterocycles. The second kappa shape index (κ2) is 3.85. The highest BCUT2D eigenvalue weighted by Gasteiger charge is 2.19. The summed E-state index contributed by atoms with van der Waals surface area (Å²) in [5, 5.41) is 0. The van der Waals surface area contributed by atoms with E-state index in [4.69, 9.17) is 10.2 Å². The van der Waals surface area contributed by atoms with Crippen molar-refractivity contribution in [3.05, 3.63) is 35.9 Å². The summed E-state index contributed by atoms with van der Waals surface area (Å²) in [5.74, 6) is 0. The zero-order valence-electron chi connectivity index (χ0n) is 10.5. The molecule has 19 heavy (non-hydrogen) atoms. The van der Waals surface area contributed by atoms with Gasteiger partial charge in [-0.3, -0.25) is 4.57 Å². The fourth-order valence-corrected chi connectivity index (χ4v) is 2.70. The van der Waals surface area contributed by atoms with E-state index < -0.39 is 0 Å². The fraction of sp³-hybridized carbons (Fsp3) is 0.286. The van der Waals surface area contributed by atoms with Crippen LogP contribution >= 0.6 is 0 Å². The van der Waals surface area contributed by atoms with E-state index in [1.54, 1.807) is 6.33 Å². The predicted molar refractivity (Wildman–Crippen MR) is 72.2 cm³/mol. The molecule has 4 rings (SSSR count). The Morgan fingerprint density at radius 2 is 2.11 bits per heavy atom. The van der Waals surface area contributed by atoms with Crippen LogP contribution in [-0.2, 0) is 12.8 Å². The number of nitrogen functional groups attached to an aromatic ring is 1. The Hall–Kier alpha value is -2.30. The molecule has 5 nitrogen and oxygen atoms in total. The minimum Gasteiger partial charge on any atom is -0.423 e. The summed E-state index contributed by atoms with van der Waals surface area (Å²) in [7, 11) is 0. The lowest BCUT2D eigenvalue weighted by molar-refractivity contribution is 0.548. The Bertz CT molecular complexity index is 756. The number of para-hydroxylation sites is 1. The molecule has 0 radical (unpaired) electrons. The number of oxazole rings is 1. The predicted octanol–water partition coefficient (Wildman–Crippen LogP) is 2.47. The van der Waals surface area contributed by atoms with Gasteiger partial charge in [-0.05, 0) is 37.8 Å². The lowest BCUT2D eigenvalue weighted by Gasteiger charge is -2.11. The molecule has 0 fully saturated rings. The maximum absolute atomic E-state index is 5.91. The van der Waals surface area contributed by atoms with Crippen LogP contribution in [0.2, 0.25) is 0 Å². The third-order valence-electron chi connectivity index (χ3n) is 3.68. The molecule has 0 bridgehead atoms. The Morgan fingerprint density at radius 3 is 3.00 bits per heavy atom. The molecule has 5 heteroatoms. The number of benzene rings is 1. The first kappa shape index (κ1) is 10.6. The van der Waals surface area contributed by atoms with Crippen molar-refractivity contribution in [1.29, 1.82) is 0 Å². The number of fused-ring (bicyclic) bond motifs is 2. The summed E-state index contributed by atoms with van der Waals surface area (Å²) in [6.45, 7) is 0. The summed E-state index contributed by atoms with van der Waals surface area (Å²) < 4.78 is 7.74. The van der Waals surface area contributed by atoms with E-state index in [2.05, 4.69) is 9.97 Å². The van der Waals surface area contributed by atoms with Gasteiger partial charge in [0.2, 0.25) is 0 Å². The van der Waals surface area contributed by atoms with E-state index in [9.17, 15) is 0 Å². The van der Waals surface area contributed by atoms with Crippen LogP contribution in [0.1, 0.15) is 24.2 Å². The normalized spacial score (nSPS) is 14.7. The first-order valence-corrected chi connectivity index (χ1v) is 6.53. The monoisotopic (exact) mass is 254 g/mol. The summed E-state index contributed by atoms with van der Waals surface area (Å²) in [5.41, 5.74) is 10.4. The van der Waals surface area contributed by atoms with Crippen LogP contribution in [-0.4, -0.2) is 14.5 Å². The van der Waals surface area contributed by atoms with Crippen LogP contribution < -0.4 is 5.73 Å². The fourth-order valence-electron chi connectivity index (χ4n) is 2.70. The molecule has 0 unspecified atom stereocenters. The zero-order valence-corrected chi connectivity index (χ0v) is 10.5. The van der Waals surface area contributed by atoms with Gasteiger partial charge in [0.1, 0.15) is 11.8 Å². The Labute approximate surface area is 110 Å². The van der Waals surface area contributed by atoms with Gasteiger partial charge in [-0.2, -0.15) is 4.98 Å². The number of hydrogen-bond donors (Lipinski definition) is 1. The summed E-state index contributed by atoms with van der Waals surface area (Å²) in [4.78, 5) is 8.95. The van der Waals surface area contributed by atoms with Gasteiger partial charge in [0.05, 0.1) is 17.1 Å². The Morgan fingerprint density at radius 1 is 1.21 bits per heavy atom. The van der Waals surface area contributed by atoms with Gasteiger partial charge in [0, 0.05) is 0 Å². The molecule has 96 valence electrons. The third-order valence-corrected chi connectivity index (χ3v) is 3.68. The molecular formula is C14H14N4O. The number of hydrogen-bond acceptors (Lipinski definition) is 4. The van der Waals surface area contributed by atoms with Crippen molar-refractivity contribution >= 4 is 16.8 Å². The van der Waals surface area contributed by atoms with Crippen LogP contribution in [0.3, 0.4) is 0 Å². The summed E-state index contributed by atoms with van der Waals surface area (Å²) >= 11 is 0. The average Bonchev–Trinajstić information content (AvgIpc) is 3.02. The molecule has 0 saturated carbocycles. The smallest absolute Gasteiger partial charge is 0.308 e. The number of aryl methyl sites for hydroxylation is 1. The van der Waals surface area contributed by atoms with Gasteiger partial charge in [-0.25, -0.2) is 4.98 Å². The minimum absolute atomic E-state index is 0.559. The van der Waals surface area contributed by atoms with Crippen molar-refractivity contribution in [3.8, 4) is 6.01 Å². The topological polar surface area (TPSA) is 69.9 Å². The molecule has 0 saturated heterocycles. The van der Waals surface area contributed by atoms with Crippen LogP contribution in [0, 0.1) is 0 Å². The van der Waals surface area contributed by atoms with E-state index in [1.165, 1.54) is 24.2 Å². The van der Waals surface area contributed by atoms with Gasteiger partial charge >= 0.3 is 6.01 Å². The van der Waals surface area contributed by atoms with Crippen molar-refractivity contribution in [2.45, 2.75) is 25.7 Å². The summed E-state index contributed by atoms with van der Waals surface area (Å²) in [6.07, 6.45) is 6.29. The quantitative estimate of drug-likeness (QED) is 0.677. The highest BCUT2D eigenvalue weighted by Crippen LogP contribution is 2.27. The average molecular weight is 254 g/mol. The van der Waals surface area contributed by atoms with Crippen LogP contribution in [0.25, 0.3) is 17.1 Å². The molecule has 0 atom stereocenters. The van der Waals surface area contributed by atoms with Gasteiger partial charge in [0.25, 0.3) is 0 Å². The van der Waals surface area contributed by atoms with Crippen LogP contribution in [0.5, 0.6) is 0 Å². The van der Waals surface area contributed by atoms with Gasteiger partial charge in [-0.1, -0.05) is 6.07 Å². The van der Waals surface area contributed by atoms with E-state index in [0.29, 0.717) is 17.3 Å². The first-order chi connectivity index (χ1) is 9.33. The van der Waals surface area contributed by atoms with Crippen LogP contribution in [0.4, 0.5) is 5.69 Å². The van der Waals surface area contributed by atoms with E-state index in [1.807, 2.05) is 22.8 Å². The van der Waals surface area contributed by atoms with E-state index >= 15 is 0 Å². The number of rotatable bonds is 1. The Kier molecular flexibility index (Phi) is 2.15. The molecule has 0 spiro atoms. The van der Waals surface area contributed by atoms with E-state index in [0.717, 1.165) is 18.4 Å². The largest absolute Gasteiger partial charge is 0.423 e. The minimum atomic E-state index is 0.559. The van der Waals surface area contributed by atoms with Crippen LogP contribution in [0.15, 0.2) is 28.9 Å². The maximum Gasteiger partial charge on any atom is 0.308 e. The molecule has 1 aliphatic carbocycles. The van der Waals surface area contributed by atoms with Gasteiger partial charge < -0.3 is 10.2 Å². The van der Waals surface area contributed by atoms with Crippen molar-refractivity contribution in [1.82, 2.24) is 14.5 Å². The number of nitrogens with two attached hydrogens (primary N) is 1. The number of imidazole rings is 1. The molecule has 3 aromatic rings. The first-order valence-electron chi connectivity index (χ1n) is 6.53. The standard InChI is InChI=1S/C14H14N4O/c15-9-4-3-7-12-13(9)17-14(19-12)18-8-16-10-5-1-2-6-11(10)18/h3-4,7-8H,1-2,5-6,15H2.